The van der Waals surface area contributed by atoms with Gasteiger partial charge in [-0.15, -0.1) is 0 Å². The molecular weight excluding hydrogens is 203 g/mol. The Balaban J connectivity index is 0.000000531. The molecule has 1 saturated carbocycles. The van der Waals surface area contributed by atoms with Gasteiger partial charge >= 0.3 is 6.18 Å². The van der Waals surface area contributed by atoms with Gasteiger partial charge in [-0.05, 0) is 36.5 Å². The highest BCUT2D eigenvalue weighted by Crippen LogP contribution is 2.40. The smallest absolute Gasteiger partial charge is 0.202 e. The molecule has 0 aromatic heterocycles. The zero-order chi connectivity index (χ0) is 11.5. The molecule has 1 fully saturated rings. The van der Waals surface area contributed by atoms with E-state index in [-0.39, 0.29) is 0 Å². The Kier molecular flexibility index (Phi) is 3.35. The van der Waals surface area contributed by atoms with E-state index in [2.05, 4.69) is 6.57 Å². The summed E-state index contributed by atoms with van der Waals surface area (Å²) >= 11 is 0. The van der Waals surface area contributed by atoms with Crippen LogP contribution >= 0.6 is 0 Å². The summed E-state index contributed by atoms with van der Waals surface area (Å²) in [5.41, 5.74) is 0.477. The molecule has 0 unspecified atom stereocenters. The SMILES string of the molecule is C#N.FC(F)(F)c1ccc(C2CC2)cc1. The lowest BCUT2D eigenvalue weighted by Gasteiger charge is -2.06. The third-order valence-electron chi connectivity index (χ3n) is 2.29. The highest BCUT2D eigenvalue weighted by atomic mass is 19.4. The van der Waals surface area contributed by atoms with E-state index in [9.17, 15) is 13.2 Å². The zero-order valence-electron chi connectivity index (χ0n) is 7.96. The van der Waals surface area contributed by atoms with E-state index >= 15 is 0 Å². The molecule has 2 rings (SSSR count). The van der Waals surface area contributed by atoms with Crippen LogP contribution in [0.15, 0.2) is 24.3 Å². The Hall–Kier alpha value is -1.50. The van der Waals surface area contributed by atoms with Gasteiger partial charge in [0, 0.05) is 6.57 Å². The van der Waals surface area contributed by atoms with Crippen LogP contribution in [0.25, 0.3) is 0 Å². The van der Waals surface area contributed by atoms with Gasteiger partial charge in [-0.2, -0.15) is 13.2 Å². The summed E-state index contributed by atoms with van der Waals surface area (Å²) in [6.07, 6.45) is -1.97. The Morgan fingerprint density at radius 2 is 1.53 bits per heavy atom. The average molecular weight is 213 g/mol. The molecule has 0 spiro atoms. The number of nitrogens with zero attached hydrogens (tertiary/aromatic N) is 1. The van der Waals surface area contributed by atoms with Crippen molar-refractivity contribution in [2.45, 2.75) is 24.9 Å². The van der Waals surface area contributed by atoms with Crippen LogP contribution < -0.4 is 0 Å². The Morgan fingerprint density at radius 1 is 1.07 bits per heavy atom. The zero-order valence-corrected chi connectivity index (χ0v) is 7.96. The van der Waals surface area contributed by atoms with Crippen molar-refractivity contribution in [2.24, 2.45) is 0 Å². The minimum atomic E-state index is -4.21. The number of benzene rings is 1. The van der Waals surface area contributed by atoms with Gasteiger partial charge in [-0.3, -0.25) is 0 Å². The maximum atomic E-state index is 12.1. The van der Waals surface area contributed by atoms with Crippen LogP contribution in [-0.4, -0.2) is 0 Å². The third kappa shape index (κ3) is 2.98. The van der Waals surface area contributed by atoms with Crippen molar-refractivity contribution in [3.8, 4) is 6.57 Å². The molecule has 1 aromatic rings. The number of nitriles is 1. The lowest BCUT2D eigenvalue weighted by Crippen LogP contribution is -2.04. The van der Waals surface area contributed by atoms with Crippen molar-refractivity contribution < 1.29 is 13.2 Å². The molecule has 0 radical (unpaired) electrons. The third-order valence-corrected chi connectivity index (χ3v) is 2.29. The molecule has 1 aliphatic rings. The highest BCUT2D eigenvalue weighted by Gasteiger charge is 2.31. The quantitative estimate of drug-likeness (QED) is 0.697. The first-order valence-electron chi connectivity index (χ1n) is 4.50. The predicted octanol–water partition coefficient (Wildman–Crippen LogP) is 3.72. The molecule has 0 saturated heterocycles. The summed E-state index contributed by atoms with van der Waals surface area (Å²) in [6.45, 7) is 3.50. The van der Waals surface area contributed by atoms with Crippen LogP contribution in [0.3, 0.4) is 0 Å². The molecule has 0 heterocycles. The van der Waals surface area contributed by atoms with Crippen LogP contribution in [0.2, 0.25) is 0 Å². The normalized spacial score (nSPS) is 15.3. The van der Waals surface area contributed by atoms with Gasteiger partial charge in [0.15, 0.2) is 0 Å². The first-order chi connectivity index (χ1) is 7.07. The van der Waals surface area contributed by atoms with E-state index in [0.717, 1.165) is 30.5 Å². The maximum Gasteiger partial charge on any atom is 0.416 e. The second kappa shape index (κ2) is 4.35. The van der Waals surface area contributed by atoms with Crippen molar-refractivity contribution in [3.05, 3.63) is 35.4 Å². The van der Waals surface area contributed by atoms with Crippen molar-refractivity contribution in [1.29, 1.82) is 5.26 Å². The molecule has 1 aromatic carbocycles. The molecule has 0 amide bonds. The molecule has 0 N–H and O–H groups in total. The van der Waals surface area contributed by atoms with Gasteiger partial charge in [0.05, 0.1) is 5.56 Å². The Labute approximate surface area is 86.1 Å². The van der Waals surface area contributed by atoms with Gasteiger partial charge in [-0.25, -0.2) is 5.26 Å². The Morgan fingerprint density at radius 3 is 1.87 bits per heavy atom. The minimum Gasteiger partial charge on any atom is -0.202 e. The van der Waals surface area contributed by atoms with Crippen LogP contribution in [0.1, 0.15) is 29.9 Å². The van der Waals surface area contributed by atoms with E-state index < -0.39 is 11.7 Å². The fourth-order valence-corrected chi connectivity index (χ4v) is 1.36. The molecule has 15 heavy (non-hydrogen) atoms. The summed E-state index contributed by atoms with van der Waals surface area (Å²) in [7, 11) is 0. The van der Waals surface area contributed by atoms with E-state index in [0.29, 0.717) is 5.92 Å². The largest absolute Gasteiger partial charge is 0.416 e. The number of hydrogen-bond donors (Lipinski definition) is 0. The van der Waals surface area contributed by atoms with Gasteiger partial charge in [0.2, 0.25) is 0 Å². The van der Waals surface area contributed by atoms with Gasteiger partial charge < -0.3 is 0 Å². The molecule has 1 aliphatic carbocycles. The summed E-state index contributed by atoms with van der Waals surface area (Å²) in [5.74, 6) is 0.516. The molecule has 1 nitrogen and oxygen atoms in total. The lowest BCUT2D eigenvalue weighted by molar-refractivity contribution is -0.137. The summed E-state index contributed by atoms with van der Waals surface area (Å²) in [6, 6.07) is 5.49. The maximum absolute atomic E-state index is 12.1. The second-order valence-electron chi connectivity index (χ2n) is 3.39. The van der Waals surface area contributed by atoms with Crippen LogP contribution in [0.4, 0.5) is 13.2 Å². The highest BCUT2D eigenvalue weighted by molar-refractivity contribution is 5.29. The standard InChI is InChI=1S/C10H9F3.CHN/c11-10(12,13)9-5-3-8(4-6-9)7-1-2-7;1-2/h3-7H,1-2H2;1H. The van der Waals surface area contributed by atoms with E-state index in [1.165, 1.54) is 0 Å². The van der Waals surface area contributed by atoms with Gasteiger partial charge in [0.25, 0.3) is 0 Å². The number of alkyl halides is 3. The van der Waals surface area contributed by atoms with Crippen molar-refractivity contribution in [3.63, 3.8) is 0 Å². The van der Waals surface area contributed by atoms with Crippen LogP contribution in [-0.2, 0) is 6.18 Å². The fraction of sp³-hybridized carbons (Fsp3) is 0.364. The lowest BCUT2D eigenvalue weighted by atomic mass is 10.1. The second-order valence-corrected chi connectivity index (χ2v) is 3.39. The summed E-state index contributed by atoms with van der Waals surface area (Å²) in [4.78, 5) is 0. The summed E-state index contributed by atoms with van der Waals surface area (Å²) in [5, 5.41) is 6.50. The first kappa shape index (κ1) is 11.6. The molecule has 0 aliphatic heterocycles. The van der Waals surface area contributed by atoms with E-state index in [1.54, 1.807) is 12.1 Å². The van der Waals surface area contributed by atoms with E-state index in [1.807, 2.05) is 0 Å². The van der Waals surface area contributed by atoms with Crippen molar-refractivity contribution in [1.82, 2.24) is 0 Å². The van der Waals surface area contributed by atoms with Crippen molar-refractivity contribution in [2.75, 3.05) is 0 Å². The molecule has 0 bridgehead atoms. The summed E-state index contributed by atoms with van der Waals surface area (Å²) < 4.78 is 36.4. The molecular formula is C11H10F3N. The average Bonchev–Trinajstić information content (AvgIpc) is 3.03. The fourth-order valence-electron chi connectivity index (χ4n) is 1.36. The van der Waals surface area contributed by atoms with Gasteiger partial charge in [0.1, 0.15) is 0 Å². The van der Waals surface area contributed by atoms with Crippen LogP contribution in [0, 0.1) is 11.8 Å². The van der Waals surface area contributed by atoms with Crippen LogP contribution in [0.5, 0.6) is 0 Å². The number of hydrogen-bond acceptors (Lipinski definition) is 1. The van der Waals surface area contributed by atoms with Crippen molar-refractivity contribution >= 4 is 0 Å². The predicted molar refractivity (Wildman–Crippen MR) is 50.1 cm³/mol. The number of halogens is 3. The van der Waals surface area contributed by atoms with E-state index in [4.69, 9.17) is 5.26 Å². The molecule has 0 atom stereocenters. The molecule has 4 heteroatoms. The number of rotatable bonds is 1. The first-order valence-corrected chi connectivity index (χ1v) is 4.50. The molecule has 80 valence electrons. The monoisotopic (exact) mass is 213 g/mol. The van der Waals surface area contributed by atoms with Gasteiger partial charge in [-0.1, -0.05) is 12.1 Å². The minimum absolute atomic E-state index is 0.516. The Bertz CT molecular complexity index is 333. The topological polar surface area (TPSA) is 23.8 Å².